The van der Waals surface area contributed by atoms with Crippen LogP contribution in [0.25, 0.3) is 0 Å². The Balaban J connectivity index is 2.06. The fraction of sp³-hybridized carbons (Fsp3) is 0.529. The quantitative estimate of drug-likeness (QED) is 0.849. The number of morpholine rings is 1. The fourth-order valence-electron chi connectivity index (χ4n) is 2.33. The fourth-order valence-corrected chi connectivity index (χ4v) is 2.46. The molecule has 0 bridgehead atoms. The highest BCUT2D eigenvalue weighted by Gasteiger charge is 2.35. The smallest absolute Gasteiger partial charge is 0.411 e. The Morgan fingerprint density at radius 3 is 2.57 bits per heavy atom. The zero-order chi connectivity index (χ0) is 17.0. The number of hydrogen-bond donors (Lipinski definition) is 0. The molecule has 1 amide bonds. The van der Waals surface area contributed by atoms with Gasteiger partial charge in [0.05, 0.1) is 13.2 Å². The van der Waals surface area contributed by atoms with Gasteiger partial charge in [0.2, 0.25) is 0 Å². The number of carbonyl (C=O) groups is 2. The highest BCUT2D eigenvalue weighted by Crippen LogP contribution is 2.17. The summed E-state index contributed by atoms with van der Waals surface area (Å²) in [5, 5.41) is 0.623. The maximum absolute atomic E-state index is 12.6. The maximum Gasteiger partial charge on any atom is 0.411 e. The van der Waals surface area contributed by atoms with E-state index in [2.05, 4.69) is 0 Å². The summed E-state index contributed by atoms with van der Waals surface area (Å²) < 4.78 is 10.8. The van der Waals surface area contributed by atoms with Crippen molar-refractivity contribution in [1.82, 2.24) is 4.90 Å². The van der Waals surface area contributed by atoms with Crippen molar-refractivity contribution in [2.24, 2.45) is 0 Å². The molecule has 1 unspecified atom stereocenters. The van der Waals surface area contributed by atoms with E-state index in [0.717, 1.165) is 5.56 Å². The van der Waals surface area contributed by atoms with Crippen molar-refractivity contribution in [3.63, 3.8) is 0 Å². The number of benzene rings is 1. The molecule has 0 radical (unpaired) electrons. The summed E-state index contributed by atoms with van der Waals surface area (Å²) in [4.78, 5) is 26.3. The molecule has 2 rings (SSSR count). The Morgan fingerprint density at radius 2 is 1.96 bits per heavy atom. The summed E-state index contributed by atoms with van der Waals surface area (Å²) in [7, 11) is 0. The second-order valence-electron chi connectivity index (χ2n) is 6.53. The van der Waals surface area contributed by atoms with E-state index in [0.29, 0.717) is 18.2 Å². The van der Waals surface area contributed by atoms with E-state index < -0.39 is 17.7 Å². The molecule has 1 aliphatic rings. The summed E-state index contributed by atoms with van der Waals surface area (Å²) in [6, 6.07) is 6.48. The van der Waals surface area contributed by atoms with Gasteiger partial charge in [-0.05, 0) is 38.5 Å². The van der Waals surface area contributed by atoms with Crippen LogP contribution in [0.5, 0.6) is 0 Å². The number of amides is 1. The number of hydrogen-bond acceptors (Lipinski definition) is 4. The van der Waals surface area contributed by atoms with Crippen molar-refractivity contribution >= 4 is 23.5 Å². The SMILES string of the molecule is CC(C)(C)OC(=O)N1CCOCC1C(=O)Cc1ccc(Cl)cc1. The molecule has 126 valence electrons. The summed E-state index contributed by atoms with van der Waals surface area (Å²) in [5.74, 6) is -0.0714. The van der Waals surface area contributed by atoms with E-state index in [1.54, 1.807) is 32.9 Å². The number of rotatable bonds is 3. The molecule has 1 aromatic carbocycles. The molecule has 0 spiro atoms. The first-order valence-corrected chi connectivity index (χ1v) is 7.98. The number of carbonyl (C=O) groups excluding carboxylic acids is 2. The van der Waals surface area contributed by atoms with E-state index in [1.165, 1.54) is 4.90 Å². The summed E-state index contributed by atoms with van der Waals surface area (Å²) in [5.41, 5.74) is 0.258. The highest BCUT2D eigenvalue weighted by atomic mass is 35.5. The van der Waals surface area contributed by atoms with Crippen molar-refractivity contribution in [3.8, 4) is 0 Å². The number of halogens is 1. The van der Waals surface area contributed by atoms with Crippen molar-refractivity contribution in [3.05, 3.63) is 34.9 Å². The monoisotopic (exact) mass is 339 g/mol. The highest BCUT2D eigenvalue weighted by molar-refractivity contribution is 6.30. The van der Waals surface area contributed by atoms with Gasteiger partial charge in [-0.1, -0.05) is 23.7 Å². The van der Waals surface area contributed by atoms with Crippen LogP contribution in [0, 0.1) is 0 Å². The molecular weight excluding hydrogens is 318 g/mol. The maximum atomic E-state index is 12.6. The van der Waals surface area contributed by atoms with Crippen LogP contribution in [0.2, 0.25) is 5.02 Å². The Bertz CT molecular complexity index is 565. The third-order valence-corrected chi connectivity index (χ3v) is 3.67. The molecule has 0 aromatic heterocycles. The van der Waals surface area contributed by atoms with E-state index in [4.69, 9.17) is 21.1 Å². The van der Waals surface area contributed by atoms with Crippen molar-refractivity contribution < 1.29 is 19.1 Å². The average molecular weight is 340 g/mol. The molecule has 1 heterocycles. The molecular formula is C17H22ClNO4. The normalized spacial score (nSPS) is 18.6. The van der Waals surface area contributed by atoms with Gasteiger partial charge in [0.1, 0.15) is 11.6 Å². The van der Waals surface area contributed by atoms with Gasteiger partial charge in [0.25, 0.3) is 0 Å². The van der Waals surface area contributed by atoms with E-state index in [9.17, 15) is 9.59 Å². The van der Waals surface area contributed by atoms with Gasteiger partial charge < -0.3 is 9.47 Å². The summed E-state index contributed by atoms with van der Waals surface area (Å²) in [6.07, 6.45) is -0.250. The van der Waals surface area contributed by atoms with Crippen LogP contribution in [0.4, 0.5) is 4.79 Å². The van der Waals surface area contributed by atoms with Gasteiger partial charge in [0, 0.05) is 18.0 Å². The van der Waals surface area contributed by atoms with E-state index in [1.807, 2.05) is 12.1 Å². The van der Waals surface area contributed by atoms with Crippen LogP contribution in [-0.2, 0) is 20.7 Å². The summed E-state index contributed by atoms with van der Waals surface area (Å²) >= 11 is 5.85. The van der Waals surface area contributed by atoms with Crippen molar-refractivity contribution in [1.29, 1.82) is 0 Å². The van der Waals surface area contributed by atoms with Gasteiger partial charge >= 0.3 is 6.09 Å². The minimum absolute atomic E-state index is 0.0714. The average Bonchev–Trinajstić information content (AvgIpc) is 2.48. The van der Waals surface area contributed by atoms with Gasteiger partial charge in [0.15, 0.2) is 5.78 Å². The van der Waals surface area contributed by atoms with Crippen LogP contribution >= 0.6 is 11.6 Å². The molecule has 1 aliphatic heterocycles. The Kier molecular flexibility index (Phi) is 5.65. The van der Waals surface area contributed by atoms with Crippen LogP contribution < -0.4 is 0 Å². The van der Waals surface area contributed by atoms with Crippen LogP contribution in [0.1, 0.15) is 26.3 Å². The van der Waals surface area contributed by atoms with Gasteiger partial charge in [-0.2, -0.15) is 0 Å². The zero-order valence-corrected chi connectivity index (χ0v) is 14.4. The minimum Gasteiger partial charge on any atom is -0.444 e. The lowest BCUT2D eigenvalue weighted by molar-refractivity contribution is -0.129. The lowest BCUT2D eigenvalue weighted by Gasteiger charge is -2.35. The molecule has 1 saturated heterocycles. The molecule has 6 heteroatoms. The molecule has 1 atom stereocenters. The van der Waals surface area contributed by atoms with Crippen LogP contribution in [0.3, 0.4) is 0 Å². The molecule has 5 nitrogen and oxygen atoms in total. The first-order chi connectivity index (χ1) is 10.8. The summed E-state index contributed by atoms with van der Waals surface area (Å²) in [6.45, 7) is 6.36. The third kappa shape index (κ3) is 5.22. The standard InChI is InChI=1S/C17H22ClNO4/c1-17(2,3)23-16(21)19-8-9-22-11-14(19)15(20)10-12-4-6-13(18)7-5-12/h4-7,14H,8-11H2,1-3H3. The molecule has 23 heavy (non-hydrogen) atoms. The second-order valence-corrected chi connectivity index (χ2v) is 6.97. The van der Waals surface area contributed by atoms with Crippen molar-refractivity contribution in [2.75, 3.05) is 19.8 Å². The Hall–Kier alpha value is -1.59. The molecule has 0 saturated carbocycles. The number of nitrogens with zero attached hydrogens (tertiary/aromatic N) is 1. The van der Waals surface area contributed by atoms with Gasteiger partial charge in [-0.25, -0.2) is 4.79 Å². The predicted octanol–water partition coefficient (Wildman–Crippen LogP) is 3.09. The molecule has 1 fully saturated rings. The number of Topliss-reactive ketones (excluding diaryl/α,β-unsaturated/α-hetero) is 1. The number of ether oxygens (including phenoxy) is 2. The topological polar surface area (TPSA) is 55.8 Å². The van der Waals surface area contributed by atoms with Gasteiger partial charge in [-0.3, -0.25) is 9.69 Å². The van der Waals surface area contributed by atoms with Gasteiger partial charge in [-0.15, -0.1) is 0 Å². The van der Waals surface area contributed by atoms with Crippen LogP contribution in [-0.4, -0.2) is 48.2 Å². The lowest BCUT2D eigenvalue weighted by atomic mass is 10.0. The minimum atomic E-state index is -0.616. The lowest BCUT2D eigenvalue weighted by Crippen LogP contribution is -2.54. The molecule has 1 aromatic rings. The van der Waals surface area contributed by atoms with E-state index in [-0.39, 0.29) is 18.8 Å². The second kappa shape index (κ2) is 7.32. The Morgan fingerprint density at radius 1 is 1.30 bits per heavy atom. The molecule has 0 aliphatic carbocycles. The van der Waals surface area contributed by atoms with E-state index >= 15 is 0 Å². The number of ketones is 1. The predicted molar refractivity (Wildman–Crippen MR) is 87.7 cm³/mol. The third-order valence-electron chi connectivity index (χ3n) is 3.42. The molecule has 0 N–H and O–H groups in total. The first-order valence-electron chi connectivity index (χ1n) is 7.61. The van der Waals surface area contributed by atoms with Crippen molar-refractivity contribution in [2.45, 2.75) is 38.8 Å². The first kappa shape index (κ1) is 17.8. The zero-order valence-electron chi connectivity index (χ0n) is 13.7. The van der Waals surface area contributed by atoms with Crippen LogP contribution in [0.15, 0.2) is 24.3 Å². The Labute approximate surface area is 141 Å². The largest absolute Gasteiger partial charge is 0.444 e.